The molecule has 3 N–H and O–H groups in total. The van der Waals surface area contributed by atoms with Crippen molar-refractivity contribution in [3.8, 4) is 5.75 Å². The highest BCUT2D eigenvalue weighted by Gasteiger charge is 2.45. The number of hydrogen-bond acceptors (Lipinski definition) is 6. The van der Waals surface area contributed by atoms with Crippen LogP contribution in [0.2, 0.25) is 5.02 Å². The first-order valence-corrected chi connectivity index (χ1v) is 12.0. The molecule has 2 heterocycles. The monoisotopic (exact) mass is 516 g/mol. The largest absolute Gasteiger partial charge is 0.495 e. The highest BCUT2D eigenvalue weighted by atomic mass is 35.5. The minimum Gasteiger partial charge on any atom is -0.495 e. The first-order valence-electron chi connectivity index (χ1n) is 11.7. The van der Waals surface area contributed by atoms with Gasteiger partial charge in [-0.25, -0.2) is 4.79 Å². The molecule has 0 aromatic heterocycles. The number of halogens is 1. The molecule has 2 aliphatic rings. The van der Waals surface area contributed by atoms with Crippen LogP contribution < -0.4 is 15.4 Å². The third-order valence-electron chi connectivity index (χ3n) is 6.15. The van der Waals surface area contributed by atoms with Gasteiger partial charge in [-0.3, -0.25) is 10.1 Å². The topological polar surface area (TPSA) is 106 Å². The first-order chi connectivity index (χ1) is 17.0. The first kappa shape index (κ1) is 27.5. The molecule has 8 nitrogen and oxygen atoms in total. The van der Waals surface area contributed by atoms with Crippen LogP contribution in [0.15, 0.2) is 59.7 Å². The zero-order chi connectivity index (χ0) is 26.5. The molecule has 3 rings (SSSR count). The van der Waals surface area contributed by atoms with Gasteiger partial charge < -0.3 is 24.6 Å². The summed E-state index contributed by atoms with van der Waals surface area (Å²) >= 11 is 6.44. The number of nitrogens with one attached hydrogen (secondary N) is 2. The van der Waals surface area contributed by atoms with Crippen LogP contribution in [0, 0.1) is 5.92 Å². The molecule has 1 fully saturated rings. The van der Waals surface area contributed by atoms with Crippen LogP contribution in [0.25, 0.3) is 0 Å². The molecular formula is C27H33ClN2O6. The molecule has 1 aromatic carbocycles. The Morgan fingerprint density at radius 2 is 1.94 bits per heavy atom. The van der Waals surface area contributed by atoms with E-state index in [1.54, 1.807) is 18.2 Å². The fourth-order valence-electron chi connectivity index (χ4n) is 4.31. The van der Waals surface area contributed by atoms with Gasteiger partial charge in [0.25, 0.3) is 0 Å². The van der Waals surface area contributed by atoms with E-state index in [-0.39, 0.29) is 18.2 Å². The van der Waals surface area contributed by atoms with Crippen molar-refractivity contribution in [2.75, 3.05) is 19.5 Å². The normalized spacial score (nSPS) is 27.4. The number of benzene rings is 1. The number of alkyl carbamates (subject to hydrolysis) is 1. The van der Waals surface area contributed by atoms with E-state index in [0.29, 0.717) is 22.9 Å². The van der Waals surface area contributed by atoms with Crippen molar-refractivity contribution in [1.82, 2.24) is 5.32 Å². The number of anilines is 1. The van der Waals surface area contributed by atoms with Crippen molar-refractivity contribution >= 4 is 29.3 Å². The number of carbonyl (C=O) groups is 2. The van der Waals surface area contributed by atoms with Gasteiger partial charge in [0.2, 0.25) is 5.91 Å². The summed E-state index contributed by atoms with van der Waals surface area (Å²) < 4.78 is 16.4. The van der Waals surface area contributed by atoms with E-state index in [0.717, 1.165) is 16.7 Å². The molecule has 2 amide bonds. The van der Waals surface area contributed by atoms with Gasteiger partial charge in [-0.15, -0.1) is 0 Å². The SMILES string of the molecule is COc1cc2cc(c1Cl)NC(=O)C=CC(C)=C[C@H](C)[C@@H]1C[C@@](O)(NC(=O)O1)[C@H](OC)C=CC=C(C)C2. The lowest BCUT2D eigenvalue weighted by atomic mass is 9.89. The van der Waals surface area contributed by atoms with Crippen molar-refractivity contribution in [2.45, 2.75) is 51.5 Å². The Bertz CT molecular complexity index is 1130. The van der Waals surface area contributed by atoms with Gasteiger partial charge in [0.1, 0.15) is 23.0 Å². The molecule has 36 heavy (non-hydrogen) atoms. The number of hydrogen-bond donors (Lipinski definition) is 3. The number of carbonyl (C=O) groups excluding carboxylic acids is 2. The van der Waals surface area contributed by atoms with E-state index >= 15 is 0 Å². The molecule has 1 saturated heterocycles. The van der Waals surface area contributed by atoms with Crippen molar-refractivity contribution in [3.63, 3.8) is 0 Å². The van der Waals surface area contributed by atoms with Crippen molar-refractivity contribution in [3.05, 3.63) is 70.3 Å². The number of aliphatic hydroxyl groups is 1. The van der Waals surface area contributed by atoms with Crippen LogP contribution in [-0.4, -0.2) is 49.3 Å². The summed E-state index contributed by atoms with van der Waals surface area (Å²) in [5, 5.41) is 16.9. The van der Waals surface area contributed by atoms with Crippen LogP contribution in [0.5, 0.6) is 5.75 Å². The van der Waals surface area contributed by atoms with E-state index in [4.69, 9.17) is 25.8 Å². The number of amides is 2. The second kappa shape index (κ2) is 11.8. The molecule has 1 aromatic rings. The predicted molar refractivity (Wildman–Crippen MR) is 139 cm³/mol. The van der Waals surface area contributed by atoms with Crippen LogP contribution in [0.3, 0.4) is 0 Å². The summed E-state index contributed by atoms with van der Waals surface area (Å²) in [7, 11) is 2.99. The third kappa shape index (κ3) is 6.78. The molecule has 4 atom stereocenters. The quantitative estimate of drug-likeness (QED) is 0.526. The summed E-state index contributed by atoms with van der Waals surface area (Å²) in [5.74, 6) is -0.135. The van der Waals surface area contributed by atoms with E-state index < -0.39 is 24.0 Å². The lowest BCUT2D eigenvalue weighted by Crippen LogP contribution is -2.63. The number of ether oxygens (including phenoxy) is 3. The molecule has 0 spiro atoms. The Kier molecular flexibility index (Phi) is 9.00. The highest BCUT2D eigenvalue weighted by Crippen LogP contribution is 2.35. The maximum Gasteiger partial charge on any atom is 0.409 e. The molecule has 194 valence electrons. The van der Waals surface area contributed by atoms with Crippen LogP contribution in [-0.2, 0) is 20.7 Å². The smallest absolute Gasteiger partial charge is 0.409 e. The maximum atomic E-state index is 12.6. The number of methoxy groups -OCH3 is 2. The summed E-state index contributed by atoms with van der Waals surface area (Å²) in [6, 6.07) is 3.64. The molecule has 0 radical (unpaired) electrons. The van der Waals surface area contributed by atoms with E-state index in [1.807, 2.05) is 45.1 Å². The molecule has 0 aliphatic carbocycles. The van der Waals surface area contributed by atoms with Gasteiger partial charge in [-0.1, -0.05) is 60.1 Å². The van der Waals surface area contributed by atoms with Crippen LogP contribution >= 0.6 is 11.6 Å². The van der Waals surface area contributed by atoms with Crippen molar-refractivity contribution in [1.29, 1.82) is 0 Å². The molecule has 0 unspecified atom stereocenters. The van der Waals surface area contributed by atoms with E-state index in [9.17, 15) is 14.7 Å². The number of allylic oxidation sites excluding steroid dienone is 5. The molecule has 4 bridgehead atoms. The Hall–Kier alpha value is -3.07. The summed E-state index contributed by atoms with van der Waals surface area (Å²) in [6.45, 7) is 5.67. The third-order valence-corrected chi connectivity index (χ3v) is 6.54. The molecule has 0 saturated carbocycles. The highest BCUT2D eigenvalue weighted by molar-refractivity contribution is 6.35. The molecular weight excluding hydrogens is 484 g/mol. The lowest BCUT2D eigenvalue weighted by Gasteiger charge is -2.41. The Morgan fingerprint density at radius 1 is 1.19 bits per heavy atom. The standard InChI is InChI=1S/C27H33ClN2O6/c1-16-7-6-8-23(35-5)27(33)15-22(36-26(32)30-27)18(3)11-17(2)9-10-24(31)29-20-13-19(12-16)14-21(34-4)25(20)28/h6-11,13-14,18,22-23,33H,12,15H2,1-5H3,(H,29,31)(H,30,32)/t18-,22-,23+,27-/m0/s1. The van der Waals surface area contributed by atoms with Crippen molar-refractivity contribution in [2.24, 2.45) is 5.92 Å². The molecule has 2 aliphatic heterocycles. The molecule has 9 heteroatoms. The van der Waals surface area contributed by atoms with Gasteiger partial charge in [0.05, 0.1) is 12.8 Å². The Balaban J connectivity index is 2.04. The number of fused-ring (bicyclic) bond motifs is 4. The average Bonchev–Trinajstić information content (AvgIpc) is 2.81. The van der Waals surface area contributed by atoms with Crippen LogP contribution in [0.1, 0.15) is 32.8 Å². The van der Waals surface area contributed by atoms with E-state index in [1.165, 1.54) is 20.3 Å². The fraction of sp³-hybridized carbons (Fsp3) is 0.407. The zero-order valence-corrected chi connectivity index (χ0v) is 21.9. The predicted octanol–water partition coefficient (Wildman–Crippen LogP) is 4.69. The summed E-state index contributed by atoms with van der Waals surface area (Å²) in [5.41, 5.74) is 1.47. The van der Waals surface area contributed by atoms with Gasteiger partial charge in [-0.2, -0.15) is 0 Å². The van der Waals surface area contributed by atoms with Crippen molar-refractivity contribution < 1.29 is 28.9 Å². The van der Waals surface area contributed by atoms with Gasteiger partial charge >= 0.3 is 6.09 Å². The Labute approximate surface area is 216 Å². The minimum absolute atomic E-state index is 0.115. The lowest BCUT2D eigenvalue weighted by molar-refractivity contribution is -0.138. The summed E-state index contributed by atoms with van der Waals surface area (Å²) in [4.78, 5) is 24.9. The minimum atomic E-state index is -1.65. The Morgan fingerprint density at radius 3 is 2.64 bits per heavy atom. The zero-order valence-electron chi connectivity index (χ0n) is 21.1. The maximum absolute atomic E-state index is 12.6. The van der Waals surface area contributed by atoms with Gasteiger partial charge in [0.15, 0.2) is 5.72 Å². The summed E-state index contributed by atoms with van der Waals surface area (Å²) in [6.07, 6.45) is 8.86. The fourth-order valence-corrected chi connectivity index (χ4v) is 4.55. The van der Waals surface area contributed by atoms with E-state index in [2.05, 4.69) is 10.6 Å². The average molecular weight is 517 g/mol. The van der Waals surface area contributed by atoms with Crippen LogP contribution in [0.4, 0.5) is 10.5 Å². The van der Waals surface area contributed by atoms with Gasteiger partial charge in [0, 0.05) is 25.5 Å². The number of rotatable bonds is 2. The second-order valence-electron chi connectivity index (χ2n) is 9.18. The van der Waals surface area contributed by atoms with Gasteiger partial charge in [-0.05, 0) is 38.0 Å². The second-order valence-corrected chi connectivity index (χ2v) is 9.56.